The van der Waals surface area contributed by atoms with Gasteiger partial charge in [-0.1, -0.05) is 36.7 Å². The molecule has 1 aromatic carbocycles. The van der Waals surface area contributed by atoms with Crippen LogP contribution in [-0.2, 0) is 6.42 Å². The second-order valence-corrected chi connectivity index (χ2v) is 7.06. The molecule has 8 heteroatoms. The zero-order chi connectivity index (χ0) is 17.3. The summed E-state index contributed by atoms with van der Waals surface area (Å²) in [6, 6.07) is 7.37. The van der Waals surface area contributed by atoms with Crippen LogP contribution in [0.25, 0.3) is 5.69 Å². The van der Waals surface area contributed by atoms with Crippen LogP contribution in [0.3, 0.4) is 0 Å². The molecule has 2 N–H and O–H groups in total. The molecule has 1 amide bonds. The Hall–Kier alpha value is -1.63. The van der Waals surface area contributed by atoms with E-state index in [4.69, 9.17) is 17.3 Å². The quantitative estimate of drug-likeness (QED) is 0.880. The van der Waals surface area contributed by atoms with E-state index < -0.39 is 0 Å². The molecule has 3 rings (SSSR count). The average Bonchev–Trinajstić information content (AvgIpc) is 3.18. The van der Waals surface area contributed by atoms with Gasteiger partial charge in [-0.2, -0.15) is 0 Å². The Bertz CT molecular complexity index is 763. The van der Waals surface area contributed by atoms with Crippen LogP contribution in [-0.4, -0.2) is 45.4 Å². The van der Waals surface area contributed by atoms with E-state index in [1.165, 1.54) is 0 Å². The zero-order valence-corrected chi connectivity index (χ0v) is 16.0. The van der Waals surface area contributed by atoms with Gasteiger partial charge in [0.05, 0.1) is 11.4 Å². The predicted molar refractivity (Wildman–Crippen MR) is 101 cm³/mol. The smallest absolute Gasteiger partial charge is 0.276 e. The lowest BCUT2D eigenvalue weighted by Gasteiger charge is -2.22. The number of halogens is 2. The average molecular weight is 384 g/mol. The number of benzene rings is 1. The molecule has 1 fully saturated rings. The lowest BCUT2D eigenvalue weighted by molar-refractivity contribution is 0.0770. The van der Waals surface area contributed by atoms with E-state index in [-0.39, 0.29) is 23.7 Å². The van der Waals surface area contributed by atoms with Crippen molar-refractivity contribution in [2.24, 2.45) is 11.1 Å². The lowest BCUT2D eigenvalue weighted by Crippen LogP contribution is -2.35. The van der Waals surface area contributed by atoms with E-state index in [1.54, 1.807) is 10.7 Å². The molecular weight excluding hydrogens is 361 g/mol. The Morgan fingerprint density at radius 3 is 2.80 bits per heavy atom. The summed E-state index contributed by atoms with van der Waals surface area (Å²) < 4.78 is 1.69. The summed E-state index contributed by atoms with van der Waals surface area (Å²) >= 11 is 6.06. The Kier molecular flexibility index (Phi) is 6.08. The second kappa shape index (κ2) is 7.72. The zero-order valence-electron chi connectivity index (χ0n) is 14.4. The Balaban J connectivity index is 0.00000225. The highest BCUT2D eigenvalue weighted by Crippen LogP contribution is 2.30. The molecule has 1 aromatic heterocycles. The van der Waals surface area contributed by atoms with Gasteiger partial charge in [0.15, 0.2) is 5.69 Å². The largest absolute Gasteiger partial charge is 0.337 e. The summed E-state index contributed by atoms with van der Waals surface area (Å²) in [5.41, 5.74) is 7.84. The molecule has 1 saturated heterocycles. The fraction of sp³-hybridized carbons (Fsp3) is 0.471. The summed E-state index contributed by atoms with van der Waals surface area (Å²) in [5, 5.41) is 8.96. The molecule has 1 aliphatic rings. The molecule has 2 aromatic rings. The third-order valence-corrected chi connectivity index (χ3v) is 4.93. The molecule has 1 atom stereocenters. The SMILES string of the molecule is CCc1c(C(=O)N2CCC(C)(CN)C2)nnn1-c1cccc(Cl)c1.Cl. The fourth-order valence-electron chi connectivity index (χ4n) is 3.11. The molecule has 0 bridgehead atoms. The topological polar surface area (TPSA) is 77.0 Å². The highest BCUT2D eigenvalue weighted by Gasteiger charge is 2.36. The van der Waals surface area contributed by atoms with Crippen LogP contribution in [0.4, 0.5) is 0 Å². The first-order valence-electron chi connectivity index (χ1n) is 8.17. The van der Waals surface area contributed by atoms with E-state index in [2.05, 4.69) is 17.2 Å². The highest BCUT2D eigenvalue weighted by molar-refractivity contribution is 6.30. The number of hydrogen-bond donors (Lipinski definition) is 1. The molecule has 0 spiro atoms. The number of carbonyl (C=O) groups is 1. The number of rotatable bonds is 4. The molecule has 0 radical (unpaired) electrons. The normalized spacial score (nSPS) is 19.8. The van der Waals surface area contributed by atoms with E-state index in [1.807, 2.05) is 30.0 Å². The van der Waals surface area contributed by atoms with Crippen LogP contribution in [0.5, 0.6) is 0 Å². The van der Waals surface area contributed by atoms with Gasteiger partial charge in [-0.15, -0.1) is 17.5 Å². The minimum Gasteiger partial charge on any atom is -0.337 e. The highest BCUT2D eigenvalue weighted by atomic mass is 35.5. The van der Waals surface area contributed by atoms with Gasteiger partial charge in [-0.05, 0) is 43.0 Å². The van der Waals surface area contributed by atoms with Gasteiger partial charge in [0, 0.05) is 18.1 Å². The molecule has 6 nitrogen and oxygen atoms in total. The van der Waals surface area contributed by atoms with Gasteiger partial charge in [0.2, 0.25) is 0 Å². The van der Waals surface area contributed by atoms with Crippen molar-refractivity contribution in [2.75, 3.05) is 19.6 Å². The van der Waals surface area contributed by atoms with Crippen molar-refractivity contribution in [1.29, 1.82) is 0 Å². The number of nitrogens with two attached hydrogens (primary N) is 1. The summed E-state index contributed by atoms with van der Waals surface area (Å²) in [6.45, 7) is 6.05. The minimum atomic E-state index is -0.0719. The van der Waals surface area contributed by atoms with Gasteiger partial charge in [0.1, 0.15) is 0 Å². The van der Waals surface area contributed by atoms with Gasteiger partial charge >= 0.3 is 0 Å². The first-order chi connectivity index (χ1) is 11.5. The van der Waals surface area contributed by atoms with Gasteiger partial charge in [-0.25, -0.2) is 4.68 Å². The number of aromatic nitrogens is 3. The lowest BCUT2D eigenvalue weighted by atomic mass is 9.90. The van der Waals surface area contributed by atoms with E-state index >= 15 is 0 Å². The molecule has 25 heavy (non-hydrogen) atoms. The van der Waals surface area contributed by atoms with Gasteiger partial charge in [-0.3, -0.25) is 4.79 Å². The van der Waals surface area contributed by atoms with Crippen molar-refractivity contribution in [1.82, 2.24) is 19.9 Å². The maximum atomic E-state index is 12.9. The second-order valence-electron chi connectivity index (χ2n) is 6.62. The van der Waals surface area contributed by atoms with Crippen LogP contribution >= 0.6 is 24.0 Å². The number of nitrogens with zero attached hydrogens (tertiary/aromatic N) is 4. The van der Waals surface area contributed by atoms with Crippen molar-refractivity contribution < 1.29 is 4.79 Å². The monoisotopic (exact) mass is 383 g/mol. The van der Waals surface area contributed by atoms with Crippen molar-refractivity contribution in [3.8, 4) is 5.69 Å². The minimum absolute atomic E-state index is 0. The molecule has 1 aliphatic heterocycles. The van der Waals surface area contributed by atoms with E-state index in [0.717, 1.165) is 17.8 Å². The van der Waals surface area contributed by atoms with Crippen LogP contribution in [0.1, 0.15) is 36.5 Å². The summed E-state index contributed by atoms with van der Waals surface area (Å²) in [6.07, 6.45) is 1.57. The Morgan fingerprint density at radius 2 is 2.20 bits per heavy atom. The maximum Gasteiger partial charge on any atom is 0.276 e. The molecule has 0 aliphatic carbocycles. The maximum absolute atomic E-state index is 12.9. The standard InChI is InChI=1S/C17H22ClN5O.ClH/c1-3-14-15(16(24)22-8-7-17(2,10-19)11-22)20-21-23(14)13-6-4-5-12(18)9-13;/h4-6,9H,3,7-8,10-11,19H2,1-2H3;1H. The molecule has 0 saturated carbocycles. The first-order valence-corrected chi connectivity index (χ1v) is 8.55. The summed E-state index contributed by atoms with van der Waals surface area (Å²) in [7, 11) is 0. The third kappa shape index (κ3) is 3.81. The molecule has 2 heterocycles. The number of hydrogen-bond acceptors (Lipinski definition) is 4. The van der Waals surface area contributed by atoms with E-state index in [0.29, 0.717) is 36.8 Å². The Labute approximate surface area is 158 Å². The predicted octanol–water partition coefficient (Wildman–Crippen LogP) is 2.72. The van der Waals surface area contributed by atoms with Crippen molar-refractivity contribution in [2.45, 2.75) is 26.7 Å². The number of carbonyl (C=O) groups excluding carboxylic acids is 1. The van der Waals surface area contributed by atoms with Crippen LogP contribution in [0.2, 0.25) is 5.02 Å². The molecular formula is C17H23Cl2N5O. The number of likely N-dealkylation sites (tertiary alicyclic amines) is 1. The first kappa shape index (κ1) is 19.7. The van der Waals surface area contributed by atoms with Crippen molar-refractivity contribution >= 4 is 29.9 Å². The van der Waals surface area contributed by atoms with E-state index in [9.17, 15) is 4.79 Å². The molecule has 1 unspecified atom stereocenters. The van der Waals surface area contributed by atoms with Crippen LogP contribution < -0.4 is 5.73 Å². The molecule has 136 valence electrons. The van der Waals surface area contributed by atoms with Crippen molar-refractivity contribution in [3.63, 3.8) is 0 Å². The van der Waals surface area contributed by atoms with Gasteiger partial charge < -0.3 is 10.6 Å². The van der Waals surface area contributed by atoms with Crippen LogP contribution in [0, 0.1) is 5.41 Å². The Morgan fingerprint density at radius 1 is 1.44 bits per heavy atom. The van der Waals surface area contributed by atoms with Crippen molar-refractivity contribution in [3.05, 3.63) is 40.7 Å². The summed E-state index contributed by atoms with van der Waals surface area (Å²) in [4.78, 5) is 14.7. The fourth-order valence-corrected chi connectivity index (χ4v) is 3.30. The summed E-state index contributed by atoms with van der Waals surface area (Å²) in [5.74, 6) is -0.0719. The van der Waals surface area contributed by atoms with Crippen LogP contribution in [0.15, 0.2) is 24.3 Å². The van der Waals surface area contributed by atoms with Gasteiger partial charge in [0.25, 0.3) is 5.91 Å². The third-order valence-electron chi connectivity index (χ3n) is 4.69. The number of amides is 1.